The third-order valence-corrected chi connectivity index (χ3v) is 4.97. The summed E-state index contributed by atoms with van der Waals surface area (Å²) in [6, 6.07) is 0. The number of thioether (sulfide) groups is 2. The first kappa shape index (κ1) is 8.06. The SMILES string of the molecule is CSC1=C(SC)C2CCC1C2. The van der Waals surface area contributed by atoms with Crippen LogP contribution in [0.15, 0.2) is 9.81 Å². The lowest BCUT2D eigenvalue weighted by Gasteiger charge is -2.15. The van der Waals surface area contributed by atoms with Crippen LogP contribution in [-0.4, -0.2) is 12.5 Å². The van der Waals surface area contributed by atoms with Gasteiger partial charge >= 0.3 is 0 Å². The van der Waals surface area contributed by atoms with Crippen LogP contribution in [0.25, 0.3) is 0 Å². The number of hydrogen-bond acceptors (Lipinski definition) is 2. The molecule has 2 heteroatoms. The molecule has 1 saturated carbocycles. The van der Waals surface area contributed by atoms with Crippen LogP contribution in [0.3, 0.4) is 0 Å². The molecular weight excluding hydrogens is 172 g/mol. The van der Waals surface area contributed by atoms with E-state index < -0.39 is 0 Å². The van der Waals surface area contributed by atoms with E-state index in [0.717, 1.165) is 11.8 Å². The van der Waals surface area contributed by atoms with E-state index in [1.165, 1.54) is 19.3 Å². The molecule has 0 amide bonds. The average Bonchev–Trinajstić information content (AvgIpc) is 2.60. The Hall–Kier alpha value is 0.440. The van der Waals surface area contributed by atoms with Crippen molar-refractivity contribution >= 4 is 23.5 Å². The zero-order chi connectivity index (χ0) is 7.84. The third kappa shape index (κ3) is 1.15. The van der Waals surface area contributed by atoms with Gasteiger partial charge in [-0.2, -0.15) is 0 Å². The van der Waals surface area contributed by atoms with Crippen molar-refractivity contribution in [1.29, 1.82) is 0 Å². The van der Waals surface area contributed by atoms with Crippen LogP contribution in [0.5, 0.6) is 0 Å². The Labute approximate surface area is 77.2 Å². The Kier molecular flexibility index (Phi) is 2.24. The van der Waals surface area contributed by atoms with E-state index in [4.69, 9.17) is 0 Å². The third-order valence-electron chi connectivity index (χ3n) is 2.86. The second-order valence-electron chi connectivity index (χ2n) is 3.34. The zero-order valence-corrected chi connectivity index (χ0v) is 8.73. The van der Waals surface area contributed by atoms with Crippen LogP contribution in [0.1, 0.15) is 19.3 Å². The van der Waals surface area contributed by atoms with Gasteiger partial charge in [-0.15, -0.1) is 23.5 Å². The van der Waals surface area contributed by atoms with Gasteiger partial charge in [0, 0.05) is 0 Å². The number of fused-ring (bicyclic) bond motifs is 2. The average molecular weight is 186 g/mol. The molecule has 0 saturated heterocycles. The van der Waals surface area contributed by atoms with Crippen LogP contribution in [0, 0.1) is 11.8 Å². The second-order valence-corrected chi connectivity index (χ2v) is 5.04. The van der Waals surface area contributed by atoms with Crippen LogP contribution in [0.2, 0.25) is 0 Å². The first-order chi connectivity index (χ1) is 5.36. The molecule has 2 aliphatic rings. The lowest BCUT2D eigenvalue weighted by molar-refractivity contribution is 0.684. The van der Waals surface area contributed by atoms with Gasteiger partial charge in [0.25, 0.3) is 0 Å². The van der Waals surface area contributed by atoms with Crippen molar-refractivity contribution in [2.45, 2.75) is 19.3 Å². The molecule has 2 atom stereocenters. The standard InChI is InChI=1S/C9H14S2/c1-10-8-6-3-4-7(5-6)9(8)11-2/h6-7H,3-5H2,1-2H3. The molecule has 2 rings (SSSR count). The molecule has 0 nitrogen and oxygen atoms in total. The maximum absolute atomic E-state index is 2.23. The number of hydrogen-bond donors (Lipinski definition) is 0. The maximum atomic E-state index is 2.23. The monoisotopic (exact) mass is 186 g/mol. The van der Waals surface area contributed by atoms with Crippen molar-refractivity contribution in [1.82, 2.24) is 0 Å². The second kappa shape index (κ2) is 3.06. The van der Waals surface area contributed by atoms with Crippen molar-refractivity contribution < 1.29 is 0 Å². The molecule has 0 radical (unpaired) electrons. The first-order valence-electron chi connectivity index (χ1n) is 4.19. The van der Waals surface area contributed by atoms with Gasteiger partial charge in [0.2, 0.25) is 0 Å². The van der Waals surface area contributed by atoms with Gasteiger partial charge in [-0.3, -0.25) is 0 Å². The van der Waals surface area contributed by atoms with Crippen LogP contribution < -0.4 is 0 Å². The van der Waals surface area contributed by atoms with Crippen molar-refractivity contribution in [2.24, 2.45) is 11.8 Å². The zero-order valence-electron chi connectivity index (χ0n) is 7.09. The first-order valence-corrected chi connectivity index (χ1v) is 6.63. The lowest BCUT2D eigenvalue weighted by atomic mass is 10.1. The van der Waals surface area contributed by atoms with E-state index in [-0.39, 0.29) is 0 Å². The van der Waals surface area contributed by atoms with Gasteiger partial charge in [-0.05, 0) is 53.4 Å². The summed E-state index contributed by atoms with van der Waals surface area (Å²) in [5.74, 6) is 1.91. The Bertz CT molecular complexity index is 176. The fourth-order valence-electron chi connectivity index (χ4n) is 2.39. The summed E-state index contributed by atoms with van der Waals surface area (Å²) in [5.41, 5.74) is 0. The Morgan fingerprint density at radius 2 is 1.45 bits per heavy atom. The molecule has 0 spiro atoms. The Morgan fingerprint density at radius 1 is 1.00 bits per heavy atom. The molecule has 2 aliphatic carbocycles. The van der Waals surface area contributed by atoms with Gasteiger partial charge < -0.3 is 0 Å². The number of rotatable bonds is 2. The van der Waals surface area contributed by atoms with Crippen molar-refractivity contribution in [3.63, 3.8) is 0 Å². The minimum atomic E-state index is 0.956. The van der Waals surface area contributed by atoms with E-state index in [0.29, 0.717) is 0 Å². The molecule has 0 heterocycles. The molecule has 0 aliphatic heterocycles. The van der Waals surface area contributed by atoms with Crippen LogP contribution in [0.4, 0.5) is 0 Å². The molecule has 0 aromatic carbocycles. The summed E-state index contributed by atoms with van der Waals surface area (Å²) in [5, 5.41) is 0. The van der Waals surface area contributed by atoms with E-state index in [1.54, 1.807) is 9.81 Å². The highest BCUT2D eigenvalue weighted by molar-refractivity contribution is 8.06. The summed E-state index contributed by atoms with van der Waals surface area (Å²) in [7, 11) is 0. The van der Waals surface area contributed by atoms with Gasteiger partial charge in [0.05, 0.1) is 0 Å². The number of allylic oxidation sites excluding steroid dienone is 2. The molecular formula is C9H14S2. The minimum absolute atomic E-state index is 0.956. The van der Waals surface area contributed by atoms with Gasteiger partial charge in [-0.25, -0.2) is 0 Å². The molecule has 2 unspecified atom stereocenters. The summed E-state index contributed by atoms with van der Waals surface area (Å²) in [6.45, 7) is 0. The molecule has 62 valence electrons. The summed E-state index contributed by atoms with van der Waals surface area (Å²) >= 11 is 3.97. The van der Waals surface area contributed by atoms with Gasteiger partial charge in [0.1, 0.15) is 0 Å². The molecule has 1 fully saturated rings. The highest BCUT2D eigenvalue weighted by Gasteiger charge is 2.38. The van der Waals surface area contributed by atoms with E-state index in [1.807, 2.05) is 23.5 Å². The molecule has 2 bridgehead atoms. The Balaban J connectivity index is 2.27. The largest absolute Gasteiger partial charge is 0.133 e. The molecule has 0 aromatic rings. The fraction of sp³-hybridized carbons (Fsp3) is 0.778. The minimum Gasteiger partial charge on any atom is -0.133 e. The Morgan fingerprint density at radius 3 is 1.82 bits per heavy atom. The van der Waals surface area contributed by atoms with E-state index in [9.17, 15) is 0 Å². The summed E-state index contributed by atoms with van der Waals surface area (Å²) in [6.07, 6.45) is 8.85. The normalized spacial score (nSPS) is 35.5. The van der Waals surface area contributed by atoms with Gasteiger partial charge in [-0.1, -0.05) is 0 Å². The van der Waals surface area contributed by atoms with Crippen molar-refractivity contribution in [2.75, 3.05) is 12.5 Å². The van der Waals surface area contributed by atoms with Crippen molar-refractivity contribution in [3.05, 3.63) is 9.81 Å². The quantitative estimate of drug-likeness (QED) is 0.648. The van der Waals surface area contributed by atoms with E-state index in [2.05, 4.69) is 12.5 Å². The molecule has 11 heavy (non-hydrogen) atoms. The highest BCUT2D eigenvalue weighted by Crippen LogP contribution is 2.54. The summed E-state index contributed by atoms with van der Waals surface area (Å²) in [4.78, 5) is 3.43. The smallest absolute Gasteiger partial charge is 0.00261 e. The predicted molar refractivity (Wildman–Crippen MR) is 54.9 cm³/mol. The molecule has 0 N–H and O–H groups in total. The van der Waals surface area contributed by atoms with Crippen LogP contribution in [-0.2, 0) is 0 Å². The van der Waals surface area contributed by atoms with Crippen molar-refractivity contribution in [3.8, 4) is 0 Å². The lowest BCUT2D eigenvalue weighted by Crippen LogP contribution is -1.97. The maximum Gasteiger partial charge on any atom is -0.00261 e. The summed E-state index contributed by atoms with van der Waals surface area (Å²) < 4.78 is 0. The highest BCUT2D eigenvalue weighted by atomic mass is 32.2. The fourth-order valence-corrected chi connectivity index (χ4v) is 4.73. The molecule has 0 aromatic heterocycles. The van der Waals surface area contributed by atoms with Gasteiger partial charge in [0.15, 0.2) is 0 Å². The van der Waals surface area contributed by atoms with Crippen LogP contribution >= 0.6 is 23.5 Å². The topological polar surface area (TPSA) is 0 Å². The predicted octanol–water partition coefficient (Wildman–Crippen LogP) is 3.35. The van der Waals surface area contributed by atoms with E-state index >= 15 is 0 Å².